The Bertz CT molecular complexity index is 1390. The van der Waals surface area contributed by atoms with E-state index in [0.717, 1.165) is 31.4 Å². The molecule has 0 aliphatic carbocycles. The first-order valence-electron chi connectivity index (χ1n) is 12.5. The van der Waals surface area contributed by atoms with Crippen molar-refractivity contribution < 1.29 is 37.0 Å². The highest BCUT2D eigenvalue weighted by Gasteiger charge is 2.47. The molecule has 0 saturated heterocycles. The van der Waals surface area contributed by atoms with Crippen LogP contribution >= 0.6 is 0 Å². The summed E-state index contributed by atoms with van der Waals surface area (Å²) in [7, 11) is -0.320. The summed E-state index contributed by atoms with van der Waals surface area (Å²) in [6.07, 6.45) is 7.28. The molecule has 1 aliphatic rings. The zero-order valence-electron chi connectivity index (χ0n) is 22.9. The number of benzene rings is 2. The number of rotatable bonds is 11. The maximum Gasteiger partial charge on any atom is 0.330 e. The highest BCUT2D eigenvalue weighted by molar-refractivity contribution is 7.89. The Morgan fingerprint density at radius 1 is 0.900 bits per heavy atom. The molecular formula is C30H33NO8S. The average molecular weight is 568 g/mol. The fourth-order valence-electron chi connectivity index (χ4n) is 4.53. The predicted molar refractivity (Wildman–Crippen MR) is 148 cm³/mol. The fraction of sp³-hybridized carbons (Fsp3) is 0.300. The molecule has 2 aromatic rings. The lowest BCUT2D eigenvalue weighted by Crippen LogP contribution is -2.40. The van der Waals surface area contributed by atoms with Crippen LogP contribution < -0.4 is 0 Å². The average Bonchev–Trinajstić information content (AvgIpc) is 3.40. The van der Waals surface area contributed by atoms with Crippen molar-refractivity contribution in [3.63, 3.8) is 0 Å². The van der Waals surface area contributed by atoms with Crippen molar-refractivity contribution in [1.29, 1.82) is 0 Å². The number of methoxy groups -OCH3 is 3. The molecule has 9 nitrogen and oxygen atoms in total. The third kappa shape index (κ3) is 6.57. The number of carbonyl (C=O) groups excluding carboxylic acids is 3. The first-order valence-corrected chi connectivity index (χ1v) is 14.0. The molecule has 0 radical (unpaired) electrons. The number of hydrogen-bond acceptors (Lipinski definition) is 8. The Hall–Kier alpha value is -4.02. The molecule has 1 unspecified atom stereocenters. The molecule has 3 rings (SSSR count). The summed E-state index contributed by atoms with van der Waals surface area (Å²) >= 11 is 0. The minimum atomic E-state index is -3.85. The molecule has 40 heavy (non-hydrogen) atoms. The smallest absolute Gasteiger partial charge is 0.330 e. The zero-order chi connectivity index (χ0) is 29.3. The van der Waals surface area contributed by atoms with E-state index in [0.29, 0.717) is 5.57 Å². The summed E-state index contributed by atoms with van der Waals surface area (Å²) in [5.74, 6) is -2.31. The van der Waals surface area contributed by atoms with E-state index >= 15 is 0 Å². The van der Waals surface area contributed by atoms with Gasteiger partial charge >= 0.3 is 17.9 Å². The lowest BCUT2D eigenvalue weighted by molar-refractivity contribution is -0.168. The fourth-order valence-corrected chi connectivity index (χ4v) is 6.07. The largest absolute Gasteiger partial charge is 0.468 e. The number of carbonyl (C=O) groups is 3. The number of nitrogens with zero attached hydrogens (tertiary/aromatic N) is 1. The Morgan fingerprint density at radius 3 is 2.08 bits per heavy atom. The van der Waals surface area contributed by atoms with Gasteiger partial charge in [-0.25, -0.2) is 13.2 Å². The van der Waals surface area contributed by atoms with E-state index in [1.165, 1.54) is 17.5 Å². The number of ether oxygens (including phenoxy) is 3. The maximum absolute atomic E-state index is 13.7. The monoisotopic (exact) mass is 567 g/mol. The molecule has 0 aromatic heterocycles. The minimum absolute atomic E-state index is 0.124. The van der Waals surface area contributed by atoms with Crippen LogP contribution in [0.25, 0.3) is 0 Å². The third-order valence-electron chi connectivity index (χ3n) is 6.70. The second-order valence-electron chi connectivity index (χ2n) is 9.21. The number of esters is 3. The lowest BCUT2D eigenvalue weighted by atomic mass is 9.80. The second kappa shape index (κ2) is 13.4. The highest BCUT2D eigenvalue weighted by Crippen LogP contribution is 2.39. The van der Waals surface area contributed by atoms with Crippen LogP contribution in [-0.4, -0.2) is 58.5 Å². The van der Waals surface area contributed by atoms with Crippen LogP contribution in [0.2, 0.25) is 0 Å². The first kappa shape index (κ1) is 30.5. The molecule has 1 aliphatic heterocycles. The van der Waals surface area contributed by atoms with Gasteiger partial charge in [0.15, 0.2) is 5.41 Å². The van der Waals surface area contributed by atoms with Crippen LogP contribution in [-0.2, 0) is 38.6 Å². The third-order valence-corrected chi connectivity index (χ3v) is 8.55. The lowest BCUT2D eigenvalue weighted by Gasteiger charge is -2.27. The van der Waals surface area contributed by atoms with Crippen LogP contribution in [0.4, 0.5) is 0 Å². The van der Waals surface area contributed by atoms with E-state index in [2.05, 4.69) is 4.74 Å². The molecule has 0 spiro atoms. The molecule has 2 aromatic carbocycles. The van der Waals surface area contributed by atoms with E-state index < -0.39 is 39.4 Å². The number of sulfonamides is 1. The van der Waals surface area contributed by atoms with Crippen molar-refractivity contribution in [1.82, 2.24) is 4.31 Å². The molecule has 0 fully saturated rings. The highest BCUT2D eigenvalue weighted by atomic mass is 32.2. The van der Waals surface area contributed by atoms with Gasteiger partial charge in [-0.05, 0) is 43.0 Å². The molecule has 0 amide bonds. The van der Waals surface area contributed by atoms with Crippen molar-refractivity contribution >= 4 is 27.9 Å². The topological polar surface area (TPSA) is 116 Å². The minimum Gasteiger partial charge on any atom is -0.468 e. The molecule has 0 saturated carbocycles. The maximum atomic E-state index is 13.7. The van der Waals surface area contributed by atoms with Crippen molar-refractivity contribution in [2.24, 2.45) is 5.41 Å². The molecule has 0 bridgehead atoms. The number of allylic oxidation sites excluding steroid dienone is 2. The van der Waals surface area contributed by atoms with E-state index in [9.17, 15) is 22.8 Å². The van der Waals surface area contributed by atoms with E-state index in [1.54, 1.807) is 42.5 Å². The number of hydrogen-bond donors (Lipinski definition) is 0. The van der Waals surface area contributed by atoms with Crippen LogP contribution in [0.1, 0.15) is 30.0 Å². The first-order chi connectivity index (χ1) is 19.1. The Morgan fingerprint density at radius 2 is 1.50 bits per heavy atom. The van der Waals surface area contributed by atoms with Crippen LogP contribution in [0.5, 0.6) is 0 Å². The number of aryl methyl sites for hydroxylation is 1. The van der Waals surface area contributed by atoms with Crippen LogP contribution in [0.15, 0.2) is 95.4 Å². The van der Waals surface area contributed by atoms with Crippen LogP contribution in [0.3, 0.4) is 0 Å². The quantitative estimate of drug-likeness (QED) is 0.173. The summed E-state index contributed by atoms with van der Waals surface area (Å²) in [4.78, 5) is 37.4. The second-order valence-corrected chi connectivity index (χ2v) is 11.1. The van der Waals surface area contributed by atoms with E-state index in [4.69, 9.17) is 9.47 Å². The molecule has 1 heterocycles. The van der Waals surface area contributed by atoms with Gasteiger partial charge in [0.25, 0.3) is 0 Å². The Labute approximate surface area is 234 Å². The standard InChI is InChI=1S/C30H33NO8S/c1-22-14-16-25(17-15-22)40(35,36)31-21-18-24(27(31)23-10-6-5-7-11-23)12-8-19-30(28(33)38-3,29(34)39-4)20-9-13-26(32)37-2/h5-18,27H,19-21H2,1-4H3/b12-8+,13-9+. The van der Waals surface area contributed by atoms with Crippen LogP contribution in [0, 0.1) is 12.3 Å². The van der Waals surface area contributed by atoms with E-state index in [1.807, 2.05) is 37.3 Å². The van der Waals surface area contributed by atoms with Crippen molar-refractivity contribution in [2.45, 2.75) is 30.7 Å². The Kier molecular flexibility index (Phi) is 10.2. The van der Waals surface area contributed by atoms with Gasteiger partial charge < -0.3 is 14.2 Å². The SMILES string of the molecule is COC(=O)/C=C/CC(C/C=C/C1=CCN(S(=O)(=O)c2ccc(C)cc2)C1c1ccccc1)(C(=O)OC)C(=O)OC. The summed E-state index contributed by atoms with van der Waals surface area (Å²) in [5.41, 5.74) is 0.623. The summed E-state index contributed by atoms with van der Waals surface area (Å²) < 4.78 is 43.2. The summed E-state index contributed by atoms with van der Waals surface area (Å²) in [5, 5.41) is 0. The normalized spacial score (nSPS) is 16.2. The molecule has 0 N–H and O–H groups in total. The van der Waals surface area contributed by atoms with Gasteiger partial charge in [-0.2, -0.15) is 4.31 Å². The molecule has 10 heteroatoms. The molecule has 212 valence electrons. The molecule has 1 atom stereocenters. The summed E-state index contributed by atoms with van der Waals surface area (Å²) in [6, 6.07) is 15.3. The molecular weight excluding hydrogens is 534 g/mol. The summed E-state index contributed by atoms with van der Waals surface area (Å²) in [6.45, 7) is 2.02. The zero-order valence-corrected chi connectivity index (χ0v) is 23.7. The van der Waals surface area contributed by atoms with Crippen molar-refractivity contribution in [3.8, 4) is 0 Å². The van der Waals surface area contributed by atoms with Gasteiger partial charge in [-0.3, -0.25) is 9.59 Å². The predicted octanol–water partition coefficient (Wildman–Crippen LogP) is 4.07. The van der Waals surface area contributed by atoms with Gasteiger partial charge in [-0.15, -0.1) is 0 Å². The van der Waals surface area contributed by atoms with Gasteiger partial charge in [0.2, 0.25) is 10.0 Å². The Balaban J connectivity index is 1.97. The van der Waals surface area contributed by atoms with Crippen molar-refractivity contribution in [2.75, 3.05) is 27.9 Å². The van der Waals surface area contributed by atoms with Gasteiger partial charge in [0.1, 0.15) is 0 Å². The van der Waals surface area contributed by atoms with Gasteiger partial charge in [0.05, 0.1) is 32.3 Å². The van der Waals surface area contributed by atoms with Gasteiger partial charge in [0, 0.05) is 12.6 Å². The van der Waals surface area contributed by atoms with E-state index in [-0.39, 0.29) is 24.3 Å². The van der Waals surface area contributed by atoms with Crippen molar-refractivity contribution in [3.05, 3.63) is 102 Å². The van der Waals surface area contributed by atoms with Gasteiger partial charge in [-0.1, -0.05) is 72.3 Å².